The zero-order chi connectivity index (χ0) is 16.0. The molecule has 0 aliphatic rings. The molecule has 0 radical (unpaired) electrons. The molecule has 0 aromatic heterocycles. The van der Waals surface area contributed by atoms with Crippen molar-refractivity contribution in [1.82, 2.24) is 5.32 Å². The van der Waals surface area contributed by atoms with Gasteiger partial charge in [-0.3, -0.25) is 4.79 Å². The maximum absolute atomic E-state index is 14.2. The van der Waals surface area contributed by atoms with Crippen LogP contribution in [0.25, 0.3) is 0 Å². The Morgan fingerprint density at radius 2 is 2.24 bits per heavy atom. The molecule has 21 heavy (non-hydrogen) atoms. The van der Waals surface area contributed by atoms with Gasteiger partial charge in [-0.15, -0.1) is 0 Å². The van der Waals surface area contributed by atoms with Crippen LogP contribution in [0.3, 0.4) is 0 Å². The summed E-state index contributed by atoms with van der Waals surface area (Å²) >= 11 is 7.94. The largest absolute Gasteiger partial charge is 0.389 e. The van der Waals surface area contributed by atoms with E-state index in [0.717, 1.165) is 0 Å². The number of hydrogen-bond donors (Lipinski definition) is 3. The Hall–Kier alpha value is -1.25. The second-order valence-electron chi connectivity index (χ2n) is 4.30. The number of halogens is 2. The second kappa shape index (κ2) is 8.26. The lowest BCUT2D eigenvalue weighted by Crippen LogP contribution is -2.39. The van der Waals surface area contributed by atoms with E-state index in [1.165, 1.54) is 6.07 Å². The average molecular weight is 378 g/mol. The lowest BCUT2D eigenvalue weighted by molar-refractivity contribution is -0.121. The van der Waals surface area contributed by atoms with Gasteiger partial charge in [-0.1, -0.05) is 12.2 Å². The van der Waals surface area contributed by atoms with Gasteiger partial charge in [-0.2, -0.15) is 0 Å². The predicted octanol–water partition coefficient (Wildman–Crippen LogP) is 1.79. The van der Waals surface area contributed by atoms with Crippen LogP contribution in [-0.2, 0) is 9.53 Å². The molecule has 116 valence electrons. The van der Waals surface area contributed by atoms with Crippen LogP contribution in [0, 0.1) is 5.82 Å². The number of ether oxygens (including phenoxy) is 1. The summed E-state index contributed by atoms with van der Waals surface area (Å²) in [6, 6.07) is 2.49. The highest BCUT2D eigenvalue weighted by Crippen LogP contribution is 2.27. The van der Waals surface area contributed by atoms with E-state index in [1.807, 2.05) is 0 Å². The van der Waals surface area contributed by atoms with Gasteiger partial charge in [-0.25, -0.2) is 4.39 Å². The van der Waals surface area contributed by atoms with Crippen molar-refractivity contribution in [2.45, 2.75) is 13.0 Å². The smallest absolute Gasteiger partial charge is 0.242 e. The van der Waals surface area contributed by atoms with Crippen molar-refractivity contribution in [3.05, 3.63) is 28.0 Å². The van der Waals surface area contributed by atoms with Crippen molar-refractivity contribution in [2.75, 3.05) is 25.6 Å². The fraction of sp³-hybridized carbons (Fsp3) is 0.385. The van der Waals surface area contributed by atoms with E-state index in [0.29, 0.717) is 18.7 Å². The Morgan fingerprint density at radius 3 is 2.81 bits per heavy atom. The molecule has 0 aliphatic heterocycles. The van der Waals surface area contributed by atoms with Crippen molar-refractivity contribution in [1.29, 1.82) is 0 Å². The molecule has 1 atom stereocenters. The molecule has 8 heteroatoms. The first-order chi connectivity index (χ1) is 9.88. The molecule has 0 aliphatic carbocycles. The van der Waals surface area contributed by atoms with Crippen molar-refractivity contribution < 1.29 is 13.9 Å². The third-order valence-corrected chi connectivity index (χ3v) is 3.71. The minimum absolute atomic E-state index is 0.0951. The van der Waals surface area contributed by atoms with Crippen LogP contribution in [0.1, 0.15) is 12.5 Å². The highest BCUT2D eigenvalue weighted by molar-refractivity contribution is 9.10. The summed E-state index contributed by atoms with van der Waals surface area (Å²) in [6.07, 6.45) is 0. The van der Waals surface area contributed by atoms with Crippen molar-refractivity contribution in [3.8, 4) is 0 Å². The summed E-state index contributed by atoms with van der Waals surface area (Å²) in [6.45, 7) is 2.45. The molecule has 1 aromatic rings. The molecular weight excluding hydrogens is 361 g/mol. The number of carbonyl (C=O) groups is 1. The van der Waals surface area contributed by atoms with Gasteiger partial charge in [0.1, 0.15) is 11.0 Å². The number of hydrogen-bond acceptors (Lipinski definition) is 4. The van der Waals surface area contributed by atoms with Crippen LogP contribution in [0.15, 0.2) is 16.6 Å². The van der Waals surface area contributed by atoms with Crippen LogP contribution < -0.4 is 16.4 Å². The quantitative estimate of drug-likeness (QED) is 0.498. The van der Waals surface area contributed by atoms with Gasteiger partial charge in [-0.05, 0) is 35.0 Å². The fourth-order valence-electron chi connectivity index (χ4n) is 1.58. The molecule has 1 amide bonds. The first kappa shape index (κ1) is 17.8. The van der Waals surface area contributed by atoms with Crippen molar-refractivity contribution in [3.63, 3.8) is 0 Å². The molecule has 1 unspecified atom stereocenters. The Balaban J connectivity index is 2.77. The Labute approximate surface area is 136 Å². The number of anilines is 1. The van der Waals surface area contributed by atoms with Gasteiger partial charge < -0.3 is 21.1 Å². The zero-order valence-electron chi connectivity index (χ0n) is 11.7. The monoisotopic (exact) mass is 377 g/mol. The summed E-state index contributed by atoms with van der Waals surface area (Å²) in [5.74, 6) is -0.794. The topological polar surface area (TPSA) is 76.4 Å². The Kier molecular flexibility index (Phi) is 7.00. The number of nitrogens with two attached hydrogens (primary N) is 1. The van der Waals surface area contributed by atoms with Crippen LogP contribution in [0.4, 0.5) is 10.1 Å². The van der Waals surface area contributed by atoms with E-state index >= 15 is 0 Å². The lowest BCUT2D eigenvalue weighted by atomic mass is 10.2. The predicted molar refractivity (Wildman–Crippen MR) is 88.0 cm³/mol. The molecule has 5 nitrogen and oxygen atoms in total. The van der Waals surface area contributed by atoms with Gasteiger partial charge in [0.15, 0.2) is 5.82 Å². The lowest BCUT2D eigenvalue weighted by Gasteiger charge is -2.17. The number of amides is 1. The van der Waals surface area contributed by atoms with Gasteiger partial charge in [0.25, 0.3) is 0 Å². The van der Waals surface area contributed by atoms with Crippen LogP contribution >= 0.6 is 28.1 Å². The van der Waals surface area contributed by atoms with E-state index in [9.17, 15) is 9.18 Å². The molecular formula is C13H17BrFN3O2S. The molecule has 0 fully saturated rings. The highest BCUT2D eigenvalue weighted by Gasteiger charge is 2.17. The van der Waals surface area contributed by atoms with Crippen LogP contribution in [0.5, 0.6) is 0 Å². The minimum Gasteiger partial charge on any atom is -0.389 e. The fourth-order valence-corrected chi connectivity index (χ4v) is 2.44. The molecule has 1 rings (SSSR count). The maximum Gasteiger partial charge on any atom is 0.242 e. The minimum atomic E-state index is -0.598. The third-order valence-electron chi connectivity index (χ3n) is 2.72. The van der Waals surface area contributed by atoms with Gasteiger partial charge in [0, 0.05) is 19.2 Å². The molecule has 0 heterocycles. The molecule has 0 spiro atoms. The molecule has 0 saturated carbocycles. The number of thiocarbonyl (C=S) groups is 1. The zero-order valence-corrected chi connectivity index (χ0v) is 14.1. The second-order valence-corrected chi connectivity index (χ2v) is 5.54. The Morgan fingerprint density at radius 1 is 1.57 bits per heavy atom. The first-order valence-corrected chi connectivity index (χ1v) is 7.39. The van der Waals surface area contributed by atoms with Gasteiger partial charge in [0.05, 0.1) is 16.8 Å². The summed E-state index contributed by atoms with van der Waals surface area (Å²) in [5.41, 5.74) is 6.09. The number of carbonyl (C=O) groups excluding carboxylic acids is 1. The van der Waals surface area contributed by atoms with Gasteiger partial charge in [0.2, 0.25) is 5.91 Å². The maximum atomic E-state index is 14.2. The standard InChI is InChI=1S/C13H17BrFN3O2S/c1-7(13(19)17-5-6-20-2)18-9-4-3-8(12(16)21)10(14)11(9)15/h3-4,7,18H,5-6H2,1-2H3,(H2,16,21)(H,17,19). The highest BCUT2D eigenvalue weighted by atomic mass is 79.9. The normalized spacial score (nSPS) is 11.8. The molecule has 1 aromatic carbocycles. The Bertz CT molecular complexity index is 542. The SMILES string of the molecule is COCCNC(=O)C(C)Nc1ccc(C(N)=S)c(Br)c1F. The van der Waals surface area contributed by atoms with Gasteiger partial charge >= 0.3 is 0 Å². The van der Waals surface area contributed by atoms with E-state index in [1.54, 1.807) is 20.1 Å². The summed E-state index contributed by atoms with van der Waals surface area (Å²) in [7, 11) is 1.55. The van der Waals surface area contributed by atoms with E-state index < -0.39 is 11.9 Å². The third kappa shape index (κ3) is 4.90. The van der Waals surface area contributed by atoms with E-state index in [4.69, 9.17) is 22.7 Å². The number of rotatable bonds is 7. The summed E-state index contributed by atoms with van der Waals surface area (Å²) in [4.78, 5) is 11.9. The first-order valence-electron chi connectivity index (χ1n) is 6.19. The van der Waals surface area contributed by atoms with Crippen molar-refractivity contribution >= 4 is 44.7 Å². The summed E-state index contributed by atoms with van der Waals surface area (Å²) in [5, 5.41) is 5.47. The molecule has 0 bridgehead atoms. The summed E-state index contributed by atoms with van der Waals surface area (Å²) < 4.78 is 19.2. The van der Waals surface area contributed by atoms with Crippen LogP contribution in [0.2, 0.25) is 0 Å². The number of benzene rings is 1. The average Bonchev–Trinajstić information content (AvgIpc) is 2.43. The molecule has 0 saturated heterocycles. The van der Waals surface area contributed by atoms with E-state index in [-0.39, 0.29) is 21.1 Å². The number of nitrogens with one attached hydrogen (secondary N) is 2. The molecule has 4 N–H and O–H groups in total. The van der Waals surface area contributed by atoms with Crippen LogP contribution in [-0.4, -0.2) is 37.2 Å². The number of methoxy groups -OCH3 is 1. The van der Waals surface area contributed by atoms with Crippen molar-refractivity contribution in [2.24, 2.45) is 5.73 Å². The van der Waals surface area contributed by atoms with E-state index in [2.05, 4.69) is 26.6 Å².